The predicted octanol–water partition coefficient (Wildman–Crippen LogP) is 3.74. The summed E-state index contributed by atoms with van der Waals surface area (Å²) in [5.41, 5.74) is 0.682. The first-order valence-electron chi connectivity index (χ1n) is 5.44. The highest BCUT2D eigenvalue weighted by Gasteiger charge is 2.38. The normalized spacial score (nSPS) is 15.3. The minimum atomic E-state index is -4.25. The van der Waals surface area contributed by atoms with Gasteiger partial charge >= 0.3 is 6.18 Å². The lowest BCUT2D eigenvalue weighted by Gasteiger charge is -2.26. The van der Waals surface area contributed by atoms with Crippen molar-refractivity contribution in [2.24, 2.45) is 0 Å². The molecule has 1 saturated carbocycles. The van der Waals surface area contributed by atoms with Gasteiger partial charge in [-0.3, -0.25) is 0 Å². The lowest BCUT2D eigenvalue weighted by atomic mass is 10.2. The Hall–Kier alpha value is -1.41. The Labute approximate surface area is 108 Å². The Morgan fingerprint density at radius 2 is 2.06 bits per heavy atom. The number of alkyl halides is 3. The molecule has 0 spiro atoms. The lowest BCUT2D eigenvalue weighted by molar-refractivity contribution is -0.120. The van der Waals surface area contributed by atoms with Crippen molar-refractivity contribution in [3.63, 3.8) is 0 Å². The van der Waals surface area contributed by atoms with Crippen LogP contribution in [0.25, 0.3) is 0 Å². The molecule has 1 aromatic carbocycles. The van der Waals surface area contributed by atoms with Crippen LogP contribution in [0, 0.1) is 11.3 Å². The average Bonchev–Trinajstić information content (AvgIpc) is 3.08. The molecule has 0 amide bonds. The van der Waals surface area contributed by atoms with E-state index in [0.29, 0.717) is 5.69 Å². The minimum Gasteiger partial charge on any atom is -0.359 e. The van der Waals surface area contributed by atoms with E-state index in [9.17, 15) is 13.2 Å². The summed E-state index contributed by atoms with van der Waals surface area (Å²) in [6, 6.07) is 6.19. The molecule has 0 saturated heterocycles. The van der Waals surface area contributed by atoms with Gasteiger partial charge in [0.15, 0.2) is 0 Å². The van der Waals surface area contributed by atoms with Gasteiger partial charge in [0, 0.05) is 11.7 Å². The molecule has 0 heterocycles. The summed E-state index contributed by atoms with van der Waals surface area (Å²) in [7, 11) is 0. The summed E-state index contributed by atoms with van der Waals surface area (Å²) in [6.07, 6.45) is -2.73. The molecule has 2 rings (SSSR count). The van der Waals surface area contributed by atoms with Crippen molar-refractivity contribution in [2.75, 3.05) is 11.4 Å². The molecule has 1 aliphatic rings. The molecule has 0 aliphatic heterocycles. The molecule has 0 N–H and O–H groups in total. The van der Waals surface area contributed by atoms with Crippen LogP contribution in [-0.2, 0) is 0 Å². The van der Waals surface area contributed by atoms with Gasteiger partial charge in [-0.25, -0.2) is 0 Å². The Morgan fingerprint density at radius 3 is 2.50 bits per heavy atom. The van der Waals surface area contributed by atoms with Crippen LogP contribution >= 0.6 is 11.6 Å². The predicted molar refractivity (Wildman–Crippen MR) is 62.6 cm³/mol. The number of benzene rings is 1. The smallest absolute Gasteiger partial charge is 0.359 e. The van der Waals surface area contributed by atoms with Crippen LogP contribution in [0.15, 0.2) is 18.2 Å². The maximum Gasteiger partial charge on any atom is 0.405 e. The van der Waals surface area contributed by atoms with Crippen LogP contribution in [-0.4, -0.2) is 18.8 Å². The van der Waals surface area contributed by atoms with E-state index in [1.807, 2.05) is 6.07 Å². The zero-order valence-corrected chi connectivity index (χ0v) is 10.1. The molecule has 18 heavy (non-hydrogen) atoms. The maximum absolute atomic E-state index is 12.5. The van der Waals surface area contributed by atoms with E-state index in [-0.39, 0.29) is 16.6 Å². The van der Waals surface area contributed by atoms with Gasteiger partial charge in [0.25, 0.3) is 0 Å². The van der Waals surface area contributed by atoms with Crippen molar-refractivity contribution in [3.05, 3.63) is 28.8 Å². The fraction of sp³-hybridized carbons (Fsp3) is 0.417. The van der Waals surface area contributed by atoms with Crippen molar-refractivity contribution >= 4 is 17.3 Å². The van der Waals surface area contributed by atoms with Gasteiger partial charge in [0.1, 0.15) is 12.6 Å². The van der Waals surface area contributed by atoms with E-state index in [2.05, 4.69) is 0 Å². The van der Waals surface area contributed by atoms with Crippen molar-refractivity contribution in [3.8, 4) is 6.07 Å². The van der Waals surface area contributed by atoms with Gasteiger partial charge in [-0.05, 0) is 31.0 Å². The van der Waals surface area contributed by atoms with Crippen molar-refractivity contribution in [1.82, 2.24) is 0 Å². The van der Waals surface area contributed by atoms with Crippen LogP contribution in [0.1, 0.15) is 18.4 Å². The van der Waals surface area contributed by atoms with Gasteiger partial charge in [-0.15, -0.1) is 0 Å². The summed E-state index contributed by atoms with van der Waals surface area (Å²) in [5.74, 6) is 0. The Bertz CT molecular complexity index is 489. The molecular formula is C12H10ClF3N2. The Morgan fingerprint density at radius 1 is 1.39 bits per heavy atom. The first-order chi connectivity index (χ1) is 8.40. The second-order valence-corrected chi connectivity index (χ2v) is 4.66. The monoisotopic (exact) mass is 274 g/mol. The average molecular weight is 275 g/mol. The van der Waals surface area contributed by atoms with E-state index in [4.69, 9.17) is 16.9 Å². The van der Waals surface area contributed by atoms with Crippen LogP contribution in [0.5, 0.6) is 0 Å². The van der Waals surface area contributed by atoms with Crippen molar-refractivity contribution < 1.29 is 13.2 Å². The maximum atomic E-state index is 12.5. The van der Waals surface area contributed by atoms with Crippen molar-refractivity contribution in [2.45, 2.75) is 25.1 Å². The van der Waals surface area contributed by atoms with E-state index < -0.39 is 12.7 Å². The van der Waals surface area contributed by atoms with Crippen LogP contribution < -0.4 is 4.90 Å². The van der Waals surface area contributed by atoms with Crippen molar-refractivity contribution in [1.29, 1.82) is 5.26 Å². The molecule has 1 fully saturated rings. The zero-order chi connectivity index (χ0) is 13.3. The first kappa shape index (κ1) is 13.0. The summed E-state index contributed by atoms with van der Waals surface area (Å²) in [5, 5.41) is 8.91. The molecule has 0 unspecified atom stereocenters. The fourth-order valence-corrected chi connectivity index (χ4v) is 2.00. The highest BCUT2D eigenvalue weighted by Crippen LogP contribution is 2.35. The molecule has 0 aromatic heterocycles. The second kappa shape index (κ2) is 4.69. The fourth-order valence-electron chi connectivity index (χ4n) is 1.78. The lowest BCUT2D eigenvalue weighted by Crippen LogP contribution is -2.35. The third-order valence-electron chi connectivity index (χ3n) is 2.74. The number of halogens is 4. The second-order valence-electron chi connectivity index (χ2n) is 4.25. The molecule has 0 atom stereocenters. The zero-order valence-electron chi connectivity index (χ0n) is 9.34. The number of hydrogen-bond acceptors (Lipinski definition) is 2. The summed E-state index contributed by atoms with van der Waals surface area (Å²) in [4.78, 5) is 1.30. The minimum absolute atomic E-state index is 0.0735. The molecule has 0 bridgehead atoms. The molecule has 0 radical (unpaired) electrons. The number of hydrogen-bond donors (Lipinski definition) is 0. The van der Waals surface area contributed by atoms with Gasteiger partial charge in [-0.1, -0.05) is 11.6 Å². The van der Waals surface area contributed by atoms with Crippen LogP contribution in [0.2, 0.25) is 5.02 Å². The quantitative estimate of drug-likeness (QED) is 0.839. The molecule has 1 aliphatic carbocycles. The van der Waals surface area contributed by atoms with E-state index in [0.717, 1.165) is 12.8 Å². The number of rotatable bonds is 3. The SMILES string of the molecule is N#Cc1ccc(N(CC(F)(F)F)C2CC2)cc1Cl. The molecule has 2 nitrogen and oxygen atoms in total. The topological polar surface area (TPSA) is 27.0 Å². The molecule has 96 valence electrons. The molecule has 6 heteroatoms. The summed E-state index contributed by atoms with van der Waals surface area (Å²) < 4.78 is 37.5. The largest absolute Gasteiger partial charge is 0.405 e. The van der Waals surface area contributed by atoms with E-state index in [1.54, 1.807) is 0 Å². The number of anilines is 1. The Kier molecular flexibility index (Phi) is 3.40. The number of nitrogens with zero attached hydrogens (tertiary/aromatic N) is 2. The van der Waals surface area contributed by atoms with Gasteiger partial charge in [-0.2, -0.15) is 18.4 Å². The van der Waals surface area contributed by atoms with Crippen LogP contribution in [0.4, 0.5) is 18.9 Å². The molecule has 1 aromatic rings. The summed E-state index contributed by atoms with van der Waals surface area (Å²) in [6.45, 7) is -0.986. The standard InChI is InChI=1S/C12H10ClF3N2/c13-11-5-10(2-1-8(11)6-17)18(9-3-4-9)7-12(14,15)16/h1-2,5,9H,3-4,7H2. The van der Waals surface area contributed by atoms with Gasteiger partial charge in [0.05, 0.1) is 10.6 Å². The highest BCUT2D eigenvalue weighted by molar-refractivity contribution is 6.32. The van der Waals surface area contributed by atoms with Gasteiger partial charge in [0.2, 0.25) is 0 Å². The summed E-state index contributed by atoms with van der Waals surface area (Å²) >= 11 is 5.84. The molecular weight excluding hydrogens is 265 g/mol. The Balaban J connectivity index is 2.26. The van der Waals surface area contributed by atoms with Gasteiger partial charge < -0.3 is 4.90 Å². The van der Waals surface area contributed by atoms with E-state index in [1.165, 1.54) is 23.1 Å². The third kappa shape index (κ3) is 3.08. The third-order valence-corrected chi connectivity index (χ3v) is 3.05. The number of nitriles is 1. The first-order valence-corrected chi connectivity index (χ1v) is 5.81. The van der Waals surface area contributed by atoms with E-state index >= 15 is 0 Å². The highest BCUT2D eigenvalue weighted by atomic mass is 35.5. The van der Waals surface area contributed by atoms with Crippen LogP contribution in [0.3, 0.4) is 0 Å².